The first-order valence-corrected chi connectivity index (χ1v) is 12.4. The third-order valence-corrected chi connectivity index (χ3v) is 6.29. The minimum absolute atomic E-state index is 0.0402. The number of carbonyl (C=O) groups is 2. The Bertz CT molecular complexity index is 1180. The number of nitrogens with zero attached hydrogens (tertiary/aromatic N) is 1. The summed E-state index contributed by atoms with van der Waals surface area (Å²) in [7, 11) is 3.45. The molecule has 36 heavy (non-hydrogen) atoms. The molecule has 1 atom stereocenters. The highest BCUT2D eigenvalue weighted by Gasteiger charge is 2.13. The van der Waals surface area contributed by atoms with E-state index >= 15 is 0 Å². The number of methoxy groups -OCH3 is 1. The summed E-state index contributed by atoms with van der Waals surface area (Å²) in [4.78, 5) is 29.4. The molecule has 0 aliphatic heterocycles. The lowest BCUT2D eigenvalue weighted by atomic mass is 9.93. The van der Waals surface area contributed by atoms with E-state index in [1.165, 1.54) is 0 Å². The minimum atomic E-state index is -0.0402. The Morgan fingerprint density at radius 1 is 0.944 bits per heavy atom. The molecule has 0 aliphatic rings. The Hall–Kier alpha value is -3.73. The number of nitrogens with one attached hydrogen (secondary N) is 1. The van der Waals surface area contributed by atoms with Gasteiger partial charge in [0.05, 0.1) is 13.5 Å². The smallest absolute Gasteiger partial charge is 0.228 e. The lowest BCUT2D eigenvalue weighted by Crippen LogP contribution is -2.14. The lowest BCUT2D eigenvalue weighted by Gasteiger charge is -2.13. The van der Waals surface area contributed by atoms with Crippen LogP contribution in [0, 0.1) is 12.8 Å². The van der Waals surface area contributed by atoms with Crippen LogP contribution >= 0.6 is 0 Å². The number of rotatable bonds is 12. The largest absolute Gasteiger partial charge is 0.496 e. The van der Waals surface area contributed by atoms with Gasteiger partial charge in [0.25, 0.3) is 0 Å². The normalized spacial score (nSPS) is 12.2. The molecule has 3 aromatic rings. The average molecular weight is 485 g/mol. The van der Waals surface area contributed by atoms with E-state index in [9.17, 15) is 9.59 Å². The van der Waals surface area contributed by atoms with Gasteiger partial charge in [0.2, 0.25) is 5.91 Å². The third-order valence-electron chi connectivity index (χ3n) is 6.29. The molecule has 5 heteroatoms. The van der Waals surface area contributed by atoms with Crippen LogP contribution in [0.4, 0.5) is 5.69 Å². The van der Waals surface area contributed by atoms with E-state index < -0.39 is 0 Å². The molecular formula is C31H36N2O3. The van der Waals surface area contributed by atoms with E-state index in [-0.39, 0.29) is 17.6 Å². The van der Waals surface area contributed by atoms with Crippen molar-refractivity contribution in [2.24, 2.45) is 10.9 Å². The minimum Gasteiger partial charge on any atom is -0.496 e. The zero-order valence-electron chi connectivity index (χ0n) is 21.7. The van der Waals surface area contributed by atoms with Gasteiger partial charge >= 0.3 is 0 Å². The summed E-state index contributed by atoms with van der Waals surface area (Å²) in [5.41, 5.74) is 5.85. The summed E-state index contributed by atoms with van der Waals surface area (Å²) in [6, 6.07) is 23.4. The highest BCUT2D eigenvalue weighted by Crippen LogP contribution is 2.21. The molecule has 1 N–H and O–H groups in total. The highest BCUT2D eigenvalue weighted by molar-refractivity contribution is 6.01. The Balaban J connectivity index is 1.47. The zero-order chi connectivity index (χ0) is 25.9. The van der Waals surface area contributed by atoms with E-state index in [0.717, 1.165) is 52.2 Å². The van der Waals surface area contributed by atoms with Gasteiger partial charge in [0, 0.05) is 31.3 Å². The molecule has 0 bridgehead atoms. The molecular weight excluding hydrogens is 448 g/mol. The molecule has 3 aromatic carbocycles. The average Bonchev–Trinajstić information content (AvgIpc) is 2.86. The van der Waals surface area contributed by atoms with E-state index in [4.69, 9.17) is 4.74 Å². The molecule has 1 amide bonds. The van der Waals surface area contributed by atoms with Crippen LogP contribution < -0.4 is 10.1 Å². The number of carbonyl (C=O) groups excluding carboxylic acids is 2. The van der Waals surface area contributed by atoms with Crippen LogP contribution in [0.1, 0.15) is 48.4 Å². The van der Waals surface area contributed by atoms with Crippen LogP contribution in [0.15, 0.2) is 77.8 Å². The van der Waals surface area contributed by atoms with Crippen LogP contribution in [0.3, 0.4) is 0 Å². The van der Waals surface area contributed by atoms with Crippen molar-refractivity contribution < 1.29 is 14.3 Å². The van der Waals surface area contributed by atoms with Gasteiger partial charge in [-0.05, 0) is 66.1 Å². The maximum absolute atomic E-state index is 12.6. The fourth-order valence-corrected chi connectivity index (χ4v) is 4.34. The van der Waals surface area contributed by atoms with Gasteiger partial charge in [0.1, 0.15) is 11.5 Å². The zero-order valence-corrected chi connectivity index (χ0v) is 21.7. The van der Waals surface area contributed by atoms with E-state index in [1.54, 1.807) is 14.2 Å². The van der Waals surface area contributed by atoms with Crippen molar-refractivity contribution in [2.45, 2.75) is 46.0 Å². The van der Waals surface area contributed by atoms with Crippen molar-refractivity contribution in [2.75, 3.05) is 19.5 Å². The number of ether oxygens (including phenoxy) is 1. The molecule has 0 saturated heterocycles. The van der Waals surface area contributed by atoms with Gasteiger partial charge in [-0.15, -0.1) is 0 Å². The van der Waals surface area contributed by atoms with Crippen LogP contribution in [0.5, 0.6) is 5.75 Å². The van der Waals surface area contributed by atoms with Crippen molar-refractivity contribution in [3.8, 4) is 5.75 Å². The molecule has 0 spiro atoms. The molecule has 1 unspecified atom stereocenters. The van der Waals surface area contributed by atoms with Gasteiger partial charge in [-0.2, -0.15) is 0 Å². The van der Waals surface area contributed by atoms with E-state index in [1.807, 2.05) is 79.7 Å². The SMILES string of the molecule is CN=C(CCC(C)CC(=O)Cc1ccc(OC)c(C)c1)c1ccc(NC(=O)Cc2ccccc2)cc1. The number of anilines is 1. The fourth-order valence-electron chi connectivity index (χ4n) is 4.34. The molecule has 0 fully saturated rings. The quantitative estimate of drug-likeness (QED) is 0.310. The Morgan fingerprint density at radius 3 is 2.31 bits per heavy atom. The number of aliphatic imine (C=N–C) groups is 1. The number of hydrogen-bond acceptors (Lipinski definition) is 4. The summed E-state index contributed by atoms with van der Waals surface area (Å²) < 4.78 is 5.30. The van der Waals surface area contributed by atoms with Crippen molar-refractivity contribution in [3.63, 3.8) is 0 Å². The molecule has 5 nitrogen and oxygen atoms in total. The predicted octanol–water partition coefficient (Wildman–Crippen LogP) is 6.22. The standard InChI is InChI=1S/C31H36N2O3/c1-22(18-28(34)20-25-11-17-30(36-4)23(2)19-25)10-16-29(32-3)26-12-14-27(15-13-26)33-31(35)21-24-8-6-5-7-9-24/h5-9,11-15,17,19,22H,10,16,18,20-21H2,1-4H3,(H,33,35). The summed E-state index contributed by atoms with van der Waals surface area (Å²) in [6.45, 7) is 4.11. The first-order chi connectivity index (χ1) is 17.4. The molecule has 0 aromatic heterocycles. The number of Topliss-reactive ketones (excluding diaryl/α,β-unsaturated/α-hetero) is 1. The Kier molecular flexibility index (Phi) is 9.99. The van der Waals surface area contributed by atoms with Crippen LogP contribution in [-0.2, 0) is 22.4 Å². The van der Waals surface area contributed by atoms with Crippen molar-refractivity contribution in [1.29, 1.82) is 0 Å². The molecule has 0 aliphatic carbocycles. The maximum atomic E-state index is 12.6. The first kappa shape index (κ1) is 26.9. The molecule has 0 radical (unpaired) electrons. The molecule has 0 saturated carbocycles. The number of aryl methyl sites for hydroxylation is 1. The van der Waals surface area contributed by atoms with Crippen molar-refractivity contribution in [1.82, 2.24) is 0 Å². The monoisotopic (exact) mass is 484 g/mol. The highest BCUT2D eigenvalue weighted by atomic mass is 16.5. The number of hydrogen-bond donors (Lipinski definition) is 1. The van der Waals surface area contributed by atoms with E-state index in [2.05, 4.69) is 17.2 Å². The van der Waals surface area contributed by atoms with E-state index in [0.29, 0.717) is 19.3 Å². The van der Waals surface area contributed by atoms with Crippen molar-refractivity contribution in [3.05, 3.63) is 95.1 Å². The Labute approximate surface area is 214 Å². The van der Waals surface area contributed by atoms with Crippen LogP contribution in [0.2, 0.25) is 0 Å². The third kappa shape index (κ3) is 8.19. The summed E-state index contributed by atoms with van der Waals surface area (Å²) in [6.07, 6.45) is 3.02. The van der Waals surface area contributed by atoms with Crippen molar-refractivity contribution >= 4 is 23.1 Å². The second kappa shape index (κ2) is 13.4. The Morgan fingerprint density at radius 2 is 1.67 bits per heavy atom. The number of ketones is 1. The molecule has 188 valence electrons. The fraction of sp³-hybridized carbons (Fsp3) is 0.323. The second-order valence-corrected chi connectivity index (χ2v) is 9.33. The molecule has 3 rings (SSSR count). The second-order valence-electron chi connectivity index (χ2n) is 9.33. The predicted molar refractivity (Wildman–Crippen MR) is 147 cm³/mol. The first-order valence-electron chi connectivity index (χ1n) is 12.4. The lowest BCUT2D eigenvalue weighted by molar-refractivity contribution is -0.119. The van der Waals surface area contributed by atoms with Gasteiger partial charge in [-0.3, -0.25) is 14.6 Å². The van der Waals surface area contributed by atoms with Gasteiger partial charge in [-0.1, -0.05) is 61.5 Å². The maximum Gasteiger partial charge on any atom is 0.228 e. The summed E-state index contributed by atoms with van der Waals surface area (Å²) in [5.74, 6) is 1.32. The number of benzene rings is 3. The van der Waals surface area contributed by atoms with Crippen LogP contribution in [0.25, 0.3) is 0 Å². The summed E-state index contributed by atoms with van der Waals surface area (Å²) in [5, 5.41) is 2.95. The number of amides is 1. The van der Waals surface area contributed by atoms with Gasteiger partial charge in [-0.25, -0.2) is 0 Å². The van der Waals surface area contributed by atoms with Gasteiger partial charge < -0.3 is 10.1 Å². The van der Waals surface area contributed by atoms with Crippen LogP contribution in [-0.4, -0.2) is 31.6 Å². The van der Waals surface area contributed by atoms with Gasteiger partial charge in [0.15, 0.2) is 0 Å². The topological polar surface area (TPSA) is 67.8 Å². The molecule has 0 heterocycles. The summed E-state index contributed by atoms with van der Waals surface area (Å²) >= 11 is 0.